The normalized spacial score (nSPS) is 21.0. The van der Waals surface area contributed by atoms with Crippen molar-refractivity contribution in [1.82, 2.24) is 0 Å². The predicted molar refractivity (Wildman–Crippen MR) is 95.8 cm³/mol. The standard InChI is InChI=1S/C18H18ClNO2S/c1-2-22-17(21)16(19)18(14-9-4-3-5-10-14)20-15-11-7-6-8-13(15)12-23-18/h3-11,16,20H,2,12H2,1H3/t16-,18+/m0/s1. The first kappa shape index (κ1) is 16.2. The summed E-state index contributed by atoms with van der Waals surface area (Å²) in [5, 5.41) is 2.67. The van der Waals surface area contributed by atoms with Crippen molar-refractivity contribution in [1.29, 1.82) is 0 Å². The van der Waals surface area contributed by atoms with E-state index in [4.69, 9.17) is 16.3 Å². The zero-order valence-corrected chi connectivity index (χ0v) is 14.4. The van der Waals surface area contributed by atoms with E-state index in [9.17, 15) is 4.79 Å². The number of carbonyl (C=O) groups is 1. The highest BCUT2D eigenvalue weighted by atomic mass is 35.5. The fraction of sp³-hybridized carbons (Fsp3) is 0.278. The Morgan fingerprint density at radius 1 is 1.26 bits per heavy atom. The Morgan fingerprint density at radius 3 is 2.70 bits per heavy atom. The number of benzene rings is 2. The number of para-hydroxylation sites is 1. The highest BCUT2D eigenvalue weighted by Gasteiger charge is 2.47. The van der Waals surface area contributed by atoms with E-state index in [0.717, 1.165) is 17.0 Å². The molecular formula is C18H18ClNO2S. The van der Waals surface area contributed by atoms with Crippen molar-refractivity contribution in [3.63, 3.8) is 0 Å². The summed E-state index contributed by atoms with van der Waals surface area (Å²) in [6.07, 6.45) is 0. The summed E-state index contributed by atoms with van der Waals surface area (Å²) < 4.78 is 5.17. The number of fused-ring (bicyclic) bond motifs is 1. The van der Waals surface area contributed by atoms with Crippen LogP contribution >= 0.6 is 23.4 Å². The summed E-state index contributed by atoms with van der Waals surface area (Å²) in [7, 11) is 0. The first-order chi connectivity index (χ1) is 11.2. The molecule has 1 heterocycles. The average molecular weight is 348 g/mol. The molecule has 0 spiro atoms. The third kappa shape index (κ3) is 3.06. The van der Waals surface area contributed by atoms with E-state index in [-0.39, 0.29) is 0 Å². The maximum Gasteiger partial charge on any atom is 0.327 e. The molecule has 3 rings (SSSR count). The number of alkyl halides is 1. The summed E-state index contributed by atoms with van der Waals surface area (Å²) in [5.74, 6) is 0.373. The monoisotopic (exact) mass is 347 g/mol. The number of nitrogens with one attached hydrogen (secondary N) is 1. The Bertz CT molecular complexity index is 694. The molecule has 23 heavy (non-hydrogen) atoms. The van der Waals surface area contributed by atoms with Gasteiger partial charge in [0, 0.05) is 11.4 Å². The van der Waals surface area contributed by atoms with Gasteiger partial charge in [0.15, 0.2) is 5.38 Å². The lowest BCUT2D eigenvalue weighted by Crippen LogP contribution is -2.47. The van der Waals surface area contributed by atoms with Crippen LogP contribution in [0, 0.1) is 0 Å². The summed E-state index contributed by atoms with van der Waals surface area (Å²) in [5.41, 5.74) is 3.18. The van der Waals surface area contributed by atoms with Crippen LogP contribution in [0.15, 0.2) is 54.6 Å². The summed E-state index contributed by atoms with van der Waals surface area (Å²) in [6.45, 7) is 2.10. The van der Waals surface area contributed by atoms with Crippen molar-refractivity contribution in [3.8, 4) is 0 Å². The largest absolute Gasteiger partial charge is 0.465 e. The van der Waals surface area contributed by atoms with E-state index in [0.29, 0.717) is 6.61 Å². The van der Waals surface area contributed by atoms with Crippen molar-refractivity contribution < 1.29 is 9.53 Å². The number of thioether (sulfide) groups is 1. The number of ether oxygens (including phenoxy) is 1. The van der Waals surface area contributed by atoms with Crippen molar-refractivity contribution in [2.24, 2.45) is 0 Å². The van der Waals surface area contributed by atoms with Crippen molar-refractivity contribution in [2.45, 2.75) is 22.9 Å². The highest BCUT2D eigenvalue weighted by Crippen LogP contribution is 2.49. The minimum Gasteiger partial charge on any atom is -0.465 e. The molecular weight excluding hydrogens is 330 g/mol. The zero-order chi connectivity index (χ0) is 16.3. The number of hydrogen-bond acceptors (Lipinski definition) is 4. The zero-order valence-electron chi connectivity index (χ0n) is 12.8. The van der Waals surface area contributed by atoms with Crippen molar-refractivity contribution in [3.05, 3.63) is 65.7 Å². The molecule has 0 saturated carbocycles. The summed E-state index contributed by atoms with van der Waals surface area (Å²) >= 11 is 8.21. The molecule has 3 nitrogen and oxygen atoms in total. The third-order valence-electron chi connectivity index (χ3n) is 3.85. The van der Waals surface area contributed by atoms with Gasteiger partial charge in [0.1, 0.15) is 4.87 Å². The fourth-order valence-corrected chi connectivity index (χ4v) is 4.50. The Kier molecular flexibility index (Phi) is 4.83. The fourth-order valence-electron chi connectivity index (χ4n) is 2.70. The maximum atomic E-state index is 12.3. The van der Waals surface area contributed by atoms with Crippen LogP contribution in [0.3, 0.4) is 0 Å². The molecule has 0 aromatic heterocycles. The minimum atomic E-state index is -0.830. The van der Waals surface area contributed by atoms with Crippen molar-refractivity contribution in [2.75, 3.05) is 11.9 Å². The Hall–Kier alpha value is -1.65. The number of halogens is 1. The highest BCUT2D eigenvalue weighted by molar-refractivity contribution is 7.99. The third-order valence-corrected chi connectivity index (χ3v) is 5.97. The SMILES string of the molecule is CCOC(=O)[C@H](Cl)[C@]1(c2ccccc2)Nc2ccccc2CS1. The van der Waals surface area contributed by atoms with E-state index in [1.807, 2.05) is 48.5 Å². The van der Waals surface area contributed by atoms with Gasteiger partial charge < -0.3 is 10.1 Å². The van der Waals surface area contributed by atoms with Crippen LogP contribution in [0.5, 0.6) is 0 Å². The van der Waals surface area contributed by atoms with Gasteiger partial charge in [-0.25, -0.2) is 0 Å². The molecule has 0 unspecified atom stereocenters. The van der Waals surface area contributed by atoms with Crippen LogP contribution in [0.4, 0.5) is 5.69 Å². The topological polar surface area (TPSA) is 38.3 Å². The number of anilines is 1. The molecule has 0 aliphatic carbocycles. The molecule has 2 atom stereocenters. The molecule has 5 heteroatoms. The molecule has 120 valence electrons. The van der Waals surface area contributed by atoms with Gasteiger partial charge in [-0.2, -0.15) is 0 Å². The molecule has 0 fully saturated rings. The van der Waals surface area contributed by atoms with Gasteiger partial charge in [0.05, 0.1) is 6.61 Å². The molecule has 1 aliphatic heterocycles. The molecule has 0 radical (unpaired) electrons. The molecule has 2 aromatic carbocycles. The van der Waals surface area contributed by atoms with Crippen LogP contribution < -0.4 is 5.32 Å². The van der Waals surface area contributed by atoms with Gasteiger partial charge in [-0.05, 0) is 24.1 Å². The summed E-state index contributed by atoms with van der Waals surface area (Å²) in [6, 6.07) is 17.9. The van der Waals surface area contributed by atoms with Crippen LogP contribution in [0.25, 0.3) is 0 Å². The Morgan fingerprint density at radius 2 is 1.96 bits per heavy atom. The quantitative estimate of drug-likeness (QED) is 0.658. The van der Waals surface area contributed by atoms with E-state index >= 15 is 0 Å². The first-order valence-corrected chi connectivity index (χ1v) is 8.96. The maximum absolute atomic E-state index is 12.3. The van der Waals surface area contributed by atoms with Gasteiger partial charge in [-0.1, -0.05) is 48.5 Å². The minimum absolute atomic E-state index is 0.314. The average Bonchev–Trinajstić information content (AvgIpc) is 2.61. The molecule has 0 saturated heterocycles. The van der Waals surface area contributed by atoms with E-state index < -0.39 is 16.2 Å². The second kappa shape index (κ2) is 6.85. The van der Waals surface area contributed by atoms with Crippen molar-refractivity contribution >= 4 is 35.0 Å². The molecule has 1 aliphatic rings. The lowest BCUT2D eigenvalue weighted by atomic mass is 10.0. The number of esters is 1. The second-order valence-electron chi connectivity index (χ2n) is 5.29. The molecule has 1 N–H and O–H groups in total. The number of carbonyl (C=O) groups excluding carboxylic acids is 1. The van der Waals surface area contributed by atoms with E-state index in [1.165, 1.54) is 5.56 Å². The lowest BCUT2D eigenvalue weighted by Gasteiger charge is -2.41. The predicted octanol–water partition coefficient (Wildman–Crippen LogP) is 4.37. The molecule has 2 aromatic rings. The Balaban J connectivity index is 2.04. The lowest BCUT2D eigenvalue weighted by molar-refractivity contribution is -0.143. The van der Waals surface area contributed by atoms with E-state index in [2.05, 4.69) is 11.4 Å². The van der Waals surface area contributed by atoms with Crippen LogP contribution in [-0.4, -0.2) is 18.0 Å². The molecule has 0 bridgehead atoms. The smallest absolute Gasteiger partial charge is 0.327 e. The molecule has 0 amide bonds. The van der Waals surface area contributed by atoms with Crippen LogP contribution in [-0.2, 0) is 20.2 Å². The summed E-state index contributed by atoms with van der Waals surface area (Å²) in [4.78, 5) is 11.6. The second-order valence-corrected chi connectivity index (χ2v) is 6.94. The first-order valence-electron chi connectivity index (χ1n) is 7.53. The van der Waals surface area contributed by atoms with Gasteiger partial charge in [0.25, 0.3) is 0 Å². The Labute approximate surface area is 145 Å². The van der Waals surface area contributed by atoms with Gasteiger partial charge in [-0.15, -0.1) is 23.4 Å². The number of rotatable bonds is 4. The number of hydrogen-bond donors (Lipinski definition) is 1. The van der Waals surface area contributed by atoms with Gasteiger partial charge in [0.2, 0.25) is 0 Å². The van der Waals surface area contributed by atoms with Crippen LogP contribution in [0.1, 0.15) is 18.1 Å². The van der Waals surface area contributed by atoms with Crippen LogP contribution in [0.2, 0.25) is 0 Å². The van der Waals surface area contributed by atoms with Gasteiger partial charge in [-0.3, -0.25) is 4.79 Å². The van der Waals surface area contributed by atoms with Gasteiger partial charge >= 0.3 is 5.97 Å². The van der Waals surface area contributed by atoms with E-state index in [1.54, 1.807) is 18.7 Å².